The molecular formula is C15H23NO2. The van der Waals surface area contributed by atoms with Gasteiger partial charge in [-0.15, -0.1) is 0 Å². The summed E-state index contributed by atoms with van der Waals surface area (Å²) in [6.07, 6.45) is 2.78. The van der Waals surface area contributed by atoms with Crippen LogP contribution < -0.4 is 10.1 Å². The Morgan fingerprint density at radius 2 is 2.17 bits per heavy atom. The van der Waals surface area contributed by atoms with Gasteiger partial charge in [-0.1, -0.05) is 12.1 Å². The Balaban J connectivity index is 1.81. The van der Waals surface area contributed by atoms with E-state index in [2.05, 4.69) is 24.4 Å². The van der Waals surface area contributed by atoms with Gasteiger partial charge in [0.1, 0.15) is 5.75 Å². The van der Waals surface area contributed by atoms with Crippen LogP contribution in [0.3, 0.4) is 0 Å². The predicted molar refractivity (Wildman–Crippen MR) is 73.0 cm³/mol. The van der Waals surface area contributed by atoms with Crippen LogP contribution in [0.1, 0.15) is 38.3 Å². The summed E-state index contributed by atoms with van der Waals surface area (Å²) in [7, 11) is 0. The molecule has 100 valence electrons. The summed E-state index contributed by atoms with van der Waals surface area (Å²) in [6, 6.07) is 8.66. The number of rotatable bonds is 6. The third-order valence-electron chi connectivity index (χ3n) is 3.37. The minimum absolute atomic E-state index is 0.352. The van der Waals surface area contributed by atoms with E-state index in [9.17, 15) is 0 Å². The van der Waals surface area contributed by atoms with Crippen LogP contribution in [0.4, 0.5) is 0 Å². The molecule has 0 spiro atoms. The van der Waals surface area contributed by atoms with Gasteiger partial charge in [-0.2, -0.15) is 0 Å². The SMILES string of the molecule is CCOc1ccc([C@@H](C)NC[C@H]2CCCO2)cc1. The third kappa shape index (κ3) is 3.72. The van der Waals surface area contributed by atoms with Crippen molar-refractivity contribution >= 4 is 0 Å². The van der Waals surface area contributed by atoms with E-state index in [-0.39, 0.29) is 0 Å². The molecular weight excluding hydrogens is 226 g/mol. The number of benzene rings is 1. The van der Waals surface area contributed by atoms with E-state index in [0.29, 0.717) is 18.8 Å². The average Bonchev–Trinajstić information content (AvgIpc) is 2.90. The zero-order valence-electron chi connectivity index (χ0n) is 11.3. The van der Waals surface area contributed by atoms with Crippen molar-refractivity contribution in [3.8, 4) is 5.75 Å². The van der Waals surface area contributed by atoms with Gasteiger partial charge >= 0.3 is 0 Å². The van der Waals surface area contributed by atoms with Crippen molar-refractivity contribution in [1.29, 1.82) is 0 Å². The van der Waals surface area contributed by atoms with Crippen LogP contribution >= 0.6 is 0 Å². The molecule has 18 heavy (non-hydrogen) atoms. The van der Waals surface area contributed by atoms with Crippen molar-refractivity contribution in [2.45, 2.75) is 38.8 Å². The number of hydrogen-bond donors (Lipinski definition) is 1. The summed E-state index contributed by atoms with van der Waals surface area (Å²) in [5.41, 5.74) is 1.29. The maximum absolute atomic E-state index is 5.61. The van der Waals surface area contributed by atoms with Crippen LogP contribution in [0.15, 0.2) is 24.3 Å². The molecule has 0 aliphatic carbocycles. The Morgan fingerprint density at radius 1 is 1.39 bits per heavy atom. The normalized spacial score (nSPS) is 20.9. The zero-order chi connectivity index (χ0) is 12.8. The number of hydrogen-bond acceptors (Lipinski definition) is 3. The summed E-state index contributed by atoms with van der Waals surface area (Å²) in [6.45, 7) is 6.76. The molecule has 2 atom stereocenters. The first-order valence-corrected chi connectivity index (χ1v) is 6.87. The minimum atomic E-state index is 0.352. The number of ether oxygens (including phenoxy) is 2. The molecule has 3 nitrogen and oxygen atoms in total. The molecule has 1 saturated heterocycles. The van der Waals surface area contributed by atoms with Gasteiger partial charge in [-0.05, 0) is 44.4 Å². The Labute approximate surface area is 109 Å². The lowest BCUT2D eigenvalue weighted by molar-refractivity contribution is 0.108. The lowest BCUT2D eigenvalue weighted by Crippen LogP contribution is -2.28. The summed E-state index contributed by atoms with van der Waals surface area (Å²) in [4.78, 5) is 0. The Hall–Kier alpha value is -1.06. The van der Waals surface area contributed by atoms with Crippen molar-refractivity contribution in [3.63, 3.8) is 0 Å². The van der Waals surface area contributed by atoms with Crippen LogP contribution in [0.2, 0.25) is 0 Å². The molecule has 0 radical (unpaired) electrons. The molecule has 1 aromatic rings. The van der Waals surface area contributed by atoms with E-state index in [1.807, 2.05) is 19.1 Å². The molecule has 1 aliphatic heterocycles. The Bertz CT molecular complexity index is 344. The largest absolute Gasteiger partial charge is 0.494 e. The highest BCUT2D eigenvalue weighted by molar-refractivity contribution is 5.28. The van der Waals surface area contributed by atoms with Gasteiger partial charge in [-0.25, -0.2) is 0 Å². The molecule has 1 aliphatic rings. The van der Waals surface area contributed by atoms with Gasteiger partial charge < -0.3 is 14.8 Å². The van der Waals surface area contributed by atoms with Crippen LogP contribution in [-0.4, -0.2) is 25.9 Å². The maximum Gasteiger partial charge on any atom is 0.119 e. The molecule has 1 N–H and O–H groups in total. The number of nitrogens with one attached hydrogen (secondary N) is 1. The first-order chi connectivity index (χ1) is 8.79. The topological polar surface area (TPSA) is 30.5 Å². The minimum Gasteiger partial charge on any atom is -0.494 e. The standard InChI is InChI=1S/C15H23NO2/c1-3-17-14-8-6-13(7-9-14)12(2)16-11-15-5-4-10-18-15/h6-9,12,15-16H,3-5,10-11H2,1-2H3/t12-,15-/m1/s1. The van der Waals surface area contributed by atoms with E-state index >= 15 is 0 Å². The molecule has 2 rings (SSSR count). The highest BCUT2D eigenvalue weighted by Crippen LogP contribution is 2.18. The van der Waals surface area contributed by atoms with Gasteiger partial charge in [-0.3, -0.25) is 0 Å². The molecule has 0 bridgehead atoms. The second-order valence-electron chi connectivity index (χ2n) is 4.77. The quantitative estimate of drug-likeness (QED) is 0.841. The van der Waals surface area contributed by atoms with Crippen LogP contribution in [0.5, 0.6) is 5.75 Å². The molecule has 1 aromatic carbocycles. The maximum atomic E-state index is 5.61. The Kier molecular flexibility index (Phi) is 5.02. The fourth-order valence-corrected chi connectivity index (χ4v) is 2.25. The second-order valence-corrected chi connectivity index (χ2v) is 4.77. The van der Waals surface area contributed by atoms with Crippen LogP contribution in [-0.2, 0) is 4.74 Å². The monoisotopic (exact) mass is 249 g/mol. The van der Waals surface area contributed by atoms with Crippen molar-refractivity contribution < 1.29 is 9.47 Å². The Morgan fingerprint density at radius 3 is 2.78 bits per heavy atom. The van der Waals surface area contributed by atoms with E-state index in [4.69, 9.17) is 9.47 Å². The van der Waals surface area contributed by atoms with Gasteiger partial charge in [0.2, 0.25) is 0 Å². The van der Waals surface area contributed by atoms with Gasteiger partial charge in [0.15, 0.2) is 0 Å². The van der Waals surface area contributed by atoms with Gasteiger partial charge in [0.25, 0.3) is 0 Å². The zero-order valence-corrected chi connectivity index (χ0v) is 11.3. The fourth-order valence-electron chi connectivity index (χ4n) is 2.25. The highest BCUT2D eigenvalue weighted by Gasteiger charge is 2.16. The molecule has 1 heterocycles. The van der Waals surface area contributed by atoms with E-state index in [1.54, 1.807) is 0 Å². The smallest absolute Gasteiger partial charge is 0.119 e. The molecule has 0 amide bonds. The average molecular weight is 249 g/mol. The van der Waals surface area contributed by atoms with Crippen molar-refractivity contribution in [3.05, 3.63) is 29.8 Å². The molecule has 0 unspecified atom stereocenters. The predicted octanol–water partition coefficient (Wildman–Crippen LogP) is 2.91. The van der Waals surface area contributed by atoms with Crippen LogP contribution in [0, 0.1) is 0 Å². The summed E-state index contributed by atoms with van der Waals surface area (Å²) >= 11 is 0. The lowest BCUT2D eigenvalue weighted by Gasteiger charge is -2.17. The van der Waals surface area contributed by atoms with E-state index in [1.165, 1.54) is 18.4 Å². The first kappa shape index (κ1) is 13.4. The molecule has 0 saturated carbocycles. The van der Waals surface area contributed by atoms with Crippen molar-refractivity contribution in [2.75, 3.05) is 19.8 Å². The van der Waals surface area contributed by atoms with Crippen LogP contribution in [0.25, 0.3) is 0 Å². The summed E-state index contributed by atoms with van der Waals surface area (Å²) in [5.74, 6) is 0.938. The fraction of sp³-hybridized carbons (Fsp3) is 0.600. The molecule has 1 fully saturated rings. The van der Waals surface area contributed by atoms with E-state index in [0.717, 1.165) is 18.9 Å². The lowest BCUT2D eigenvalue weighted by atomic mass is 10.1. The summed E-state index contributed by atoms with van der Waals surface area (Å²) in [5, 5.41) is 3.53. The van der Waals surface area contributed by atoms with E-state index < -0.39 is 0 Å². The van der Waals surface area contributed by atoms with Gasteiger partial charge in [0, 0.05) is 19.2 Å². The molecule has 3 heteroatoms. The highest BCUT2D eigenvalue weighted by atomic mass is 16.5. The van der Waals surface area contributed by atoms with Crippen molar-refractivity contribution in [2.24, 2.45) is 0 Å². The summed E-state index contributed by atoms with van der Waals surface area (Å²) < 4.78 is 11.0. The second kappa shape index (κ2) is 6.76. The third-order valence-corrected chi connectivity index (χ3v) is 3.37. The molecule has 0 aromatic heterocycles. The van der Waals surface area contributed by atoms with Gasteiger partial charge in [0.05, 0.1) is 12.7 Å². The first-order valence-electron chi connectivity index (χ1n) is 6.87. The van der Waals surface area contributed by atoms with Crippen molar-refractivity contribution in [1.82, 2.24) is 5.32 Å².